The third-order valence-corrected chi connectivity index (χ3v) is 6.72. The van der Waals surface area contributed by atoms with Crippen LogP contribution in [-0.4, -0.2) is 12.9 Å². The maximum absolute atomic E-state index is 12.6. The molecule has 0 N–H and O–H groups in total. The highest BCUT2D eigenvalue weighted by Gasteiger charge is 2.25. The lowest BCUT2D eigenvalue weighted by atomic mass is 10.1. The highest BCUT2D eigenvalue weighted by Crippen LogP contribution is 2.42. The number of methoxy groups -OCH3 is 1. The highest BCUT2D eigenvalue weighted by atomic mass is 127. The summed E-state index contributed by atoms with van der Waals surface area (Å²) in [5, 5.41) is 0.666. The van der Waals surface area contributed by atoms with Crippen molar-refractivity contribution in [3.8, 4) is 11.5 Å². The van der Waals surface area contributed by atoms with Gasteiger partial charge in [-0.25, -0.2) is 0 Å². The Morgan fingerprint density at radius 1 is 1.10 bits per heavy atom. The number of thioether (sulfide) groups is 1. The summed E-state index contributed by atoms with van der Waals surface area (Å²) in [6.07, 6.45) is 1.90. The monoisotopic (exact) mass is 534 g/mol. The summed E-state index contributed by atoms with van der Waals surface area (Å²) in [7, 11) is 1.61. The first-order valence-electron chi connectivity index (χ1n) is 8.84. The molecule has 3 nitrogen and oxygen atoms in total. The fraction of sp³-hybridized carbons (Fsp3) is 0.0870. The average Bonchev–Trinajstić information content (AvgIpc) is 3.03. The molecule has 0 saturated carbocycles. The minimum Gasteiger partial charge on any atom is -0.493 e. The third kappa shape index (κ3) is 4.32. The molecular formula is C23H16ClIO3S. The molecule has 0 saturated heterocycles. The lowest BCUT2D eigenvalue weighted by Gasteiger charge is -2.14. The molecule has 146 valence electrons. The summed E-state index contributed by atoms with van der Waals surface area (Å²) in [5.74, 6) is 1.33. The van der Waals surface area contributed by atoms with E-state index in [0.29, 0.717) is 28.0 Å². The average molecular weight is 535 g/mol. The number of carbonyl (C=O) groups excluding carboxylic acids is 1. The molecule has 0 aliphatic carbocycles. The summed E-state index contributed by atoms with van der Waals surface area (Å²) in [6, 6.07) is 19.1. The van der Waals surface area contributed by atoms with Crippen LogP contribution >= 0.6 is 46.0 Å². The molecule has 0 bridgehead atoms. The smallest absolute Gasteiger partial charge is 0.200 e. The van der Waals surface area contributed by atoms with Gasteiger partial charge in [-0.05, 0) is 64.6 Å². The van der Waals surface area contributed by atoms with Gasteiger partial charge in [0, 0.05) is 21.0 Å². The van der Waals surface area contributed by atoms with Gasteiger partial charge in [0.05, 0.1) is 15.6 Å². The van der Waals surface area contributed by atoms with Crippen molar-refractivity contribution in [3.05, 3.63) is 90.9 Å². The number of ketones is 1. The molecule has 3 aromatic carbocycles. The van der Waals surface area contributed by atoms with Gasteiger partial charge in [-0.2, -0.15) is 0 Å². The quantitative estimate of drug-likeness (QED) is 0.265. The van der Waals surface area contributed by atoms with Crippen LogP contribution in [0, 0.1) is 3.57 Å². The van der Waals surface area contributed by atoms with Crippen LogP contribution in [0.3, 0.4) is 0 Å². The first kappa shape index (κ1) is 20.3. The van der Waals surface area contributed by atoms with Crippen molar-refractivity contribution in [1.29, 1.82) is 0 Å². The normalized spacial score (nSPS) is 14.2. The Morgan fingerprint density at radius 2 is 1.86 bits per heavy atom. The zero-order chi connectivity index (χ0) is 20.4. The molecule has 0 radical (unpaired) electrons. The van der Waals surface area contributed by atoms with E-state index in [4.69, 9.17) is 21.1 Å². The van der Waals surface area contributed by atoms with Crippen LogP contribution < -0.4 is 9.47 Å². The zero-order valence-electron chi connectivity index (χ0n) is 15.4. The minimum absolute atomic E-state index is 0.0543. The van der Waals surface area contributed by atoms with E-state index in [1.165, 1.54) is 11.8 Å². The number of rotatable bonds is 5. The van der Waals surface area contributed by atoms with Crippen molar-refractivity contribution in [2.75, 3.05) is 7.11 Å². The number of ether oxygens (including phenoxy) is 2. The highest BCUT2D eigenvalue weighted by molar-refractivity contribution is 14.1. The number of carbonyl (C=O) groups is 1. The molecular weight excluding hydrogens is 519 g/mol. The number of fused-ring (bicyclic) bond motifs is 1. The molecule has 3 aromatic rings. The molecule has 0 unspecified atom stereocenters. The molecule has 0 aromatic heterocycles. The van der Waals surface area contributed by atoms with Gasteiger partial charge in [0.25, 0.3) is 0 Å². The molecule has 0 amide bonds. The molecule has 0 atom stereocenters. The maximum atomic E-state index is 12.6. The fourth-order valence-electron chi connectivity index (χ4n) is 3.02. The van der Waals surface area contributed by atoms with Crippen molar-refractivity contribution in [1.82, 2.24) is 0 Å². The Balaban J connectivity index is 1.60. The van der Waals surface area contributed by atoms with Crippen molar-refractivity contribution in [3.63, 3.8) is 0 Å². The maximum Gasteiger partial charge on any atom is 0.200 e. The SMILES string of the molecule is COc1cc(/C=C2\Sc3ccccc3C2=O)cc(I)c1OCc1ccccc1Cl. The fourth-order valence-corrected chi connectivity index (χ4v) is 5.04. The van der Waals surface area contributed by atoms with Crippen molar-refractivity contribution >= 4 is 57.8 Å². The predicted octanol–water partition coefficient (Wildman–Crippen LogP) is 6.86. The van der Waals surface area contributed by atoms with E-state index in [-0.39, 0.29) is 5.78 Å². The number of hydrogen-bond donors (Lipinski definition) is 0. The molecule has 1 aliphatic rings. The Kier molecular flexibility index (Phi) is 6.18. The molecule has 0 fully saturated rings. The van der Waals surface area contributed by atoms with Crippen molar-refractivity contribution < 1.29 is 14.3 Å². The van der Waals surface area contributed by atoms with Crippen molar-refractivity contribution in [2.24, 2.45) is 0 Å². The number of allylic oxidation sites excluding steroid dienone is 1. The number of benzene rings is 3. The molecule has 1 aliphatic heterocycles. The van der Waals surface area contributed by atoms with E-state index < -0.39 is 0 Å². The molecule has 0 spiro atoms. The van der Waals surface area contributed by atoms with Gasteiger partial charge in [-0.3, -0.25) is 4.79 Å². The number of Topliss-reactive ketones (excluding diaryl/α,β-unsaturated/α-hetero) is 1. The van der Waals surface area contributed by atoms with Gasteiger partial charge in [0.1, 0.15) is 6.61 Å². The van der Waals surface area contributed by atoms with Crippen LogP contribution in [0.15, 0.2) is 70.5 Å². The van der Waals surface area contributed by atoms with Crippen LogP contribution in [0.1, 0.15) is 21.5 Å². The van der Waals surface area contributed by atoms with Crippen LogP contribution in [0.25, 0.3) is 6.08 Å². The van der Waals surface area contributed by atoms with Gasteiger partial charge >= 0.3 is 0 Å². The van der Waals surface area contributed by atoms with Gasteiger partial charge < -0.3 is 9.47 Å². The Bertz CT molecular complexity index is 1130. The van der Waals surface area contributed by atoms with Gasteiger partial charge in [0.2, 0.25) is 5.78 Å². The van der Waals surface area contributed by atoms with E-state index in [9.17, 15) is 4.79 Å². The summed E-state index contributed by atoms with van der Waals surface area (Å²) >= 11 is 9.93. The Labute approximate surface area is 192 Å². The minimum atomic E-state index is 0.0543. The van der Waals surface area contributed by atoms with E-state index in [2.05, 4.69) is 22.6 Å². The van der Waals surface area contributed by atoms with Crippen LogP contribution in [0.2, 0.25) is 5.02 Å². The van der Waals surface area contributed by atoms with Gasteiger partial charge in [-0.15, -0.1) is 0 Å². The Morgan fingerprint density at radius 3 is 2.62 bits per heavy atom. The second kappa shape index (κ2) is 8.81. The molecule has 1 heterocycles. The number of hydrogen-bond acceptors (Lipinski definition) is 4. The zero-order valence-corrected chi connectivity index (χ0v) is 19.2. The largest absolute Gasteiger partial charge is 0.493 e. The predicted molar refractivity (Wildman–Crippen MR) is 126 cm³/mol. The second-order valence-electron chi connectivity index (χ2n) is 6.35. The van der Waals surface area contributed by atoms with Gasteiger partial charge in [0.15, 0.2) is 11.5 Å². The summed E-state index contributed by atoms with van der Waals surface area (Å²) < 4.78 is 12.5. The Hall–Kier alpha value is -1.96. The number of halogens is 2. The van der Waals surface area contributed by atoms with Crippen LogP contribution in [0.5, 0.6) is 11.5 Å². The first-order valence-corrected chi connectivity index (χ1v) is 11.1. The first-order chi connectivity index (χ1) is 14.1. The van der Waals surface area contributed by atoms with Gasteiger partial charge in [-0.1, -0.05) is 53.7 Å². The van der Waals surface area contributed by atoms with E-state index in [0.717, 1.165) is 25.2 Å². The van der Waals surface area contributed by atoms with Crippen LogP contribution in [-0.2, 0) is 6.61 Å². The van der Waals surface area contributed by atoms with E-state index in [1.54, 1.807) is 7.11 Å². The second-order valence-corrected chi connectivity index (χ2v) is 9.00. The standard InChI is InChI=1S/C23H16ClIO3S/c1-27-19-11-14(12-21-22(26)16-7-3-5-9-20(16)29-21)10-18(25)23(19)28-13-15-6-2-4-8-17(15)24/h2-12H,13H2,1H3/b21-12-. The lowest BCUT2D eigenvalue weighted by Crippen LogP contribution is -2.01. The van der Waals surface area contributed by atoms with E-state index in [1.807, 2.05) is 66.7 Å². The molecule has 4 rings (SSSR count). The van der Waals surface area contributed by atoms with Crippen LogP contribution in [0.4, 0.5) is 0 Å². The summed E-state index contributed by atoms with van der Waals surface area (Å²) in [6.45, 7) is 0.343. The molecule has 6 heteroatoms. The topological polar surface area (TPSA) is 35.5 Å². The molecule has 29 heavy (non-hydrogen) atoms. The lowest BCUT2D eigenvalue weighted by molar-refractivity contribution is 0.104. The van der Waals surface area contributed by atoms with Crippen molar-refractivity contribution in [2.45, 2.75) is 11.5 Å². The van der Waals surface area contributed by atoms with E-state index >= 15 is 0 Å². The summed E-state index contributed by atoms with van der Waals surface area (Å²) in [4.78, 5) is 14.3. The third-order valence-electron chi connectivity index (χ3n) is 4.45. The summed E-state index contributed by atoms with van der Waals surface area (Å²) in [5.41, 5.74) is 2.55.